The summed E-state index contributed by atoms with van der Waals surface area (Å²) >= 11 is 0. The van der Waals surface area contributed by atoms with Crippen LogP contribution in [0.1, 0.15) is 55.6 Å². The zero-order valence-electron chi connectivity index (χ0n) is 9.99. The number of aliphatic hydroxyl groups excluding tert-OH is 1. The van der Waals surface area contributed by atoms with Crippen molar-refractivity contribution >= 4 is 0 Å². The van der Waals surface area contributed by atoms with Crippen LogP contribution >= 0.6 is 0 Å². The van der Waals surface area contributed by atoms with Crippen molar-refractivity contribution in [1.29, 1.82) is 0 Å². The number of nitrogens with zero attached hydrogens (tertiary/aromatic N) is 2. The molecule has 0 bridgehead atoms. The van der Waals surface area contributed by atoms with E-state index < -0.39 is 0 Å². The summed E-state index contributed by atoms with van der Waals surface area (Å²) in [5.74, 6) is 0.535. The third-order valence-electron chi connectivity index (χ3n) is 3.39. The van der Waals surface area contributed by atoms with Crippen molar-refractivity contribution in [3.05, 3.63) is 17.0 Å². The van der Waals surface area contributed by atoms with Gasteiger partial charge in [-0.05, 0) is 52.0 Å². The van der Waals surface area contributed by atoms with E-state index in [4.69, 9.17) is 0 Å². The van der Waals surface area contributed by atoms with Gasteiger partial charge < -0.3 is 5.11 Å². The minimum Gasteiger partial charge on any atom is -0.393 e. The van der Waals surface area contributed by atoms with Gasteiger partial charge in [-0.2, -0.15) is 5.10 Å². The first-order valence-corrected chi connectivity index (χ1v) is 5.74. The number of rotatable bonds is 2. The van der Waals surface area contributed by atoms with Gasteiger partial charge in [0, 0.05) is 11.7 Å². The van der Waals surface area contributed by atoms with E-state index in [0.717, 1.165) is 18.5 Å². The van der Waals surface area contributed by atoms with Gasteiger partial charge in [-0.15, -0.1) is 0 Å². The third kappa shape index (κ3) is 1.69. The highest BCUT2D eigenvalue weighted by Crippen LogP contribution is 2.40. The minimum atomic E-state index is -0.0869. The second-order valence-corrected chi connectivity index (χ2v) is 4.94. The van der Waals surface area contributed by atoms with Crippen LogP contribution < -0.4 is 0 Å². The minimum absolute atomic E-state index is 0.0869. The summed E-state index contributed by atoms with van der Waals surface area (Å²) < 4.78 is 2.09. The molecule has 0 aromatic carbocycles. The number of aryl methyl sites for hydroxylation is 1. The number of aromatic nitrogens is 2. The molecule has 3 heteroatoms. The van der Waals surface area contributed by atoms with E-state index in [9.17, 15) is 5.11 Å². The van der Waals surface area contributed by atoms with Crippen molar-refractivity contribution in [2.45, 2.75) is 58.6 Å². The van der Waals surface area contributed by atoms with Gasteiger partial charge in [0.1, 0.15) is 0 Å². The van der Waals surface area contributed by atoms with Crippen LogP contribution in [-0.4, -0.2) is 21.0 Å². The first kappa shape index (κ1) is 10.7. The molecule has 2 rings (SSSR count). The number of aliphatic hydroxyl groups is 1. The SMILES string of the molecule is Cc1nn(C(C)C)c(C)c1C1CC(O)C1. The summed E-state index contributed by atoms with van der Waals surface area (Å²) in [4.78, 5) is 0. The molecule has 1 fully saturated rings. The quantitative estimate of drug-likeness (QED) is 0.810. The van der Waals surface area contributed by atoms with Gasteiger partial charge in [0.2, 0.25) is 0 Å². The summed E-state index contributed by atoms with van der Waals surface area (Å²) in [6.07, 6.45) is 1.73. The first-order valence-electron chi connectivity index (χ1n) is 5.74. The van der Waals surface area contributed by atoms with Crippen LogP contribution in [0.4, 0.5) is 0 Å². The van der Waals surface area contributed by atoms with Crippen molar-refractivity contribution in [3.8, 4) is 0 Å². The molecule has 1 aromatic heterocycles. The van der Waals surface area contributed by atoms with E-state index in [0.29, 0.717) is 12.0 Å². The Bertz CT molecular complexity index is 362. The van der Waals surface area contributed by atoms with E-state index in [1.165, 1.54) is 11.3 Å². The monoisotopic (exact) mass is 208 g/mol. The lowest BCUT2D eigenvalue weighted by Gasteiger charge is -2.31. The molecule has 1 aromatic rings. The fraction of sp³-hybridized carbons (Fsp3) is 0.750. The van der Waals surface area contributed by atoms with Gasteiger partial charge >= 0.3 is 0 Å². The van der Waals surface area contributed by atoms with Gasteiger partial charge in [-0.25, -0.2) is 0 Å². The molecule has 0 aliphatic heterocycles. The van der Waals surface area contributed by atoms with Gasteiger partial charge in [0.05, 0.1) is 11.8 Å². The smallest absolute Gasteiger partial charge is 0.0631 e. The normalized spacial score (nSPS) is 25.7. The molecule has 0 radical (unpaired) electrons. The van der Waals surface area contributed by atoms with E-state index in [-0.39, 0.29) is 6.10 Å². The summed E-state index contributed by atoms with van der Waals surface area (Å²) in [6.45, 7) is 8.52. The average Bonchev–Trinajstić information content (AvgIpc) is 2.38. The zero-order valence-corrected chi connectivity index (χ0v) is 9.99. The van der Waals surface area contributed by atoms with Crippen LogP contribution in [0.5, 0.6) is 0 Å². The second-order valence-electron chi connectivity index (χ2n) is 4.94. The van der Waals surface area contributed by atoms with Gasteiger partial charge in [0.15, 0.2) is 0 Å². The van der Waals surface area contributed by atoms with E-state index in [1.54, 1.807) is 0 Å². The standard InChI is InChI=1S/C12H20N2O/c1-7(2)14-9(4)12(8(3)13-14)10-5-11(15)6-10/h7,10-11,15H,5-6H2,1-4H3. The molecule has 1 N–H and O–H groups in total. The molecule has 84 valence electrons. The lowest BCUT2D eigenvalue weighted by molar-refractivity contribution is 0.0742. The summed E-state index contributed by atoms with van der Waals surface area (Å²) in [6, 6.07) is 0.419. The summed E-state index contributed by atoms with van der Waals surface area (Å²) in [7, 11) is 0. The van der Waals surface area contributed by atoms with Gasteiger partial charge in [-0.1, -0.05) is 0 Å². The van der Waals surface area contributed by atoms with Crippen LogP contribution in [0.25, 0.3) is 0 Å². The van der Waals surface area contributed by atoms with Crippen LogP contribution in [0, 0.1) is 13.8 Å². The maximum absolute atomic E-state index is 9.35. The van der Waals surface area contributed by atoms with E-state index >= 15 is 0 Å². The van der Waals surface area contributed by atoms with Crippen molar-refractivity contribution in [2.24, 2.45) is 0 Å². The maximum Gasteiger partial charge on any atom is 0.0631 e. The first-order chi connectivity index (χ1) is 7.00. The zero-order chi connectivity index (χ0) is 11.2. The van der Waals surface area contributed by atoms with Gasteiger partial charge in [0.25, 0.3) is 0 Å². The Labute approximate surface area is 91.1 Å². The molecule has 1 aliphatic rings. The topological polar surface area (TPSA) is 38.0 Å². The predicted octanol–water partition coefficient (Wildman–Crippen LogP) is 2.32. The fourth-order valence-corrected chi connectivity index (χ4v) is 2.59. The van der Waals surface area contributed by atoms with Gasteiger partial charge in [-0.3, -0.25) is 4.68 Å². The highest BCUT2D eigenvalue weighted by atomic mass is 16.3. The Balaban J connectivity index is 2.31. The summed E-state index contributed by atoms with van der Waals surface area (Å²) in [5.41, 5.74) is 3.78. The Morgan fingerprint density at radius 3 is 2.33 bits per heavy atom. The highest BCUT2D eigenvalue weighted by Gasteiger charge is 2.32. The highest BCUT2D eigenvalue weighted by molar-refractivity contribution is 5.31. The average molecular weight is 208 g/mol. The maximum atomic E-state index is 9.35. The molecular formula is C12H20N2O. The molecule has 0 atom stereocenters. The van der Waals surface area contributed by atoms with Crippen LogP contribution in [-0.2, 0) is 0 Å². The molecule has 3 nitrogen and oxygen atoms in total. The van der Waals surface area contributed by atoms with Crippen LogP contribution in [0.15, 0.2) is 0 Å². The molecule has 0 spiro atoms. The van der Waals surface area contributed by atoms with E-state index in [2.05, 4.69) is 37.5 Å². The van der Waals surface area contributed by atoms with Crippen molar-refractivity contribution < 1.29 is 5.11 Å². The Morgan fingerprint density at radius 2 is 1.93 bits per heavy atom. The molecule has 0 saturated heterocycles. The number of hydrogen-bond acceptors (Lipinski definition) is 2. The lowest BCUT2D eigenvalue weighted by Crippen LogP contribution is -2.27. The van der Waals surface area contributed by atoms with Crippen molar-refractivity contribution in [3.63, 3.8) is 0 Å². The molecule has 0 unspecified atom stereocenters. The second kappa shape index (κ2) is 3.63. The Hall–Kier alpha value is -0.830. The van der Waals surface area contributed by atoms with Crippen molar-refractivity contribution in [2.75, 3.05) is 0 Å². The largest absolute Gasteiger partial charge is 0.393 e. The summed E-state index contributed by atoms with van der Waals surface area (Å²) in [5, 5.41) is 13.9. The third-order valence-corrected chi connectivity index (χ3v) is 3.39. The molecule has 1 aliphatic carbocycles. The predicted molar refractivity (Wildman–Crippen MR) is 60.1 cm³/mol. The molecule has 1 saturated carbocycles. The molecule has 1 heterocycles. The molecular weight excluding hydrogens is 188 g/mol. The van der Waals surface area contributed by atoms with Crippen LogP contribution in [0.3, 0.4) is 0 Å². The lowest BCUT2D eigenvalue weighted by atomic mass is 9.77. The van der Waals surface area contributed by atoms with Crippen molar-refractivity contribution in [1.82, 2.24) is 9.78 Å². The van der Waals surface area contributed by atoms with Crippen LogP contribution in [0.2, 0.25) is 0 Å². The Morgan fingerprint density at radius 1 is 1.33 bits per heavy atom. The Kier molecular flexibility index (Phi) is 2.59. The number of hydrogen-bond donors (Lipinski definition) is 1. The fourth-order valence-electron chi connectivity index (χ4n) is 2.59. The van der Waals surface area contributed by atoms with E-state index in [1.807, 2.05) is 0 Å². The molecule has 15 heavy (non-hydrogen) atoms. The molecule has 0 amide bonds.